The molecule has 2 fully saturated rings. The van der Waals surface area contributed by atoms with Crippen LogP contribution in [0.15, 0.2) is 0 Å². The molecule has 0 aromatic carbocycles. The van der Waals surface area contributed by atoms with Gasteiger partial charge in [-0.25, -0.2) is 0 Å². The second-order valence-corrected chi connectivity index (χ2v) is 9.95. The van der Waals surface area contributed by atoms with Gasteiger partial charge in [0, 0.05) is 19.4 Å². The van der Waals surface area contributed by atoms with Crippen molar-refractivity contribution < 1.29 is 14.7 Å². The average Bonchev–Trinajstić information content (AvgIpc) is 2.80. The maximum atomic E-state index is 11.8. The van der Waals surface area contributed by atoms with Crippen molar-refractivity contribution in [3.63, 3.8) is 0 Å². The standard InChI is InChI=1S/C25H48N4O3/c26-14-4-16-28-18-10-22(11-19-28)6-3-7-23-12-20-29(21-13-23)17-5-15-27-24(30)8-1-2-9-25(31)32/h22-23H,1-21,26H2,(H,27,30)(H,31,32). The lowest BCUT2D eigenvalue weighted by Crippen LogP contribution is -2.36. The highest BCUT2D eigenvalue weighted by Crippen LogP contribution is 2.27. The minimum absolute atomic E-state index is 0.0512. The summed E-state index contributed by atoms with van der Waals surface area (Å²) in [5.41, 5.74) is 5.63. The van der Waals surface area contributed by atoms with E-state index in [0.717, 1.165) is 44.3 Å². The van der Waals surface area contributed by atoms with E-state index in [-0.39, 0.29) is 12.3 Å². The summed E-state index contributed by atoms with van der Waals surface area (Å²) < 4.78 is 0. The Morgan fingerprint density at radius 1 is 0.781 bits per heavy atom. The molecule has 2 aliphatic heterocycles. The molecule has 32 heavy (non-hydrogen) atoms. The Balaban J connectivity index is 1.41. The smallest absolute Gasteiger partial charge is 0.303 e. The van der Waals surface area contributed by atoms with Crippen LogP contribution in [0.4, 0.5) is 0 Å². The van der Waals surface area contributed by atoms with Crippen LogP contribution in [0.25, 0.3) is 0 Å². The Morgan fingerprint density at radius 3 is 1.84 bits per heavy atom. The molecule has 2 aliphatic rings. The van der Waals surface area contributed by atoms with Crippen molar-refractivity contribution in [1.29, 1.82) is 0 Å². The van der Waals surface area contributed by atoms with Crippen LogP contribution in [0, 0.1) is 11.8 Å². The predicted molar refractivity (Wildman–Crippen MR) is 130 cm³/mol. The quantitative estimate of drug-likeness (QED) is 0.311. The van der Waals surface area contributed by atoms with Gasteiger partial charge in [0.25, 0.3) is 0 Å². The second kappa shape index (κ2) is 16.4. The van der Waals surface area contributed by atoms with E-state index in [9.17, 15) is 9.59 Å². The van der Waals surface area contributed by atoms with Crippen molar-refractivity contribution in [2.24, 2.45) is 17.6 Å². The first kappa shape index (κ1) is 27.1. The van der Waals surface area contributed by atoms with Crippen LogP contribution in [0.5, 0.6) is 0 Å². The number of carboxylic acids is 1. The highest BCUT2D eigenvalue weighted by atomic mass is 16.4. The van der Waals surface area contributed by atoms with Crippen molar-refractivity contribution in [3.05, 3.63) is 0 Å². The van der Waals surface area contributed by atoms with E-state index < -0.39 is 5.97 Å². The maximum Gasteiger partial charge on any atom is 0.303 e. The zero-order valence-corrected chi connectivity index (χ0v) is 20.2. The summed E-state index contributed by atoms with van der Waals surface area (Å²) in [6, 6.07) is 0. The highest BCUT2D eigenvalue weighted by Gasteiger charge is 2.21. The van der Waals surface area contributed by atoms with Gasteiger partial charge in [0.2, 0.25) is 5.91 Å². The van der Waals surface area contributed by atoms with Crippen LogP contribution in [0.3, 0.4) is 0 Å². The molecular weight excluding hydrogens is 404 g/mol. The number of piperidine rings is 2. The molecule has 0 radical (unpaired) electrons. The van der Waals surface area contributed by atoms with Crippen LogP contribution >= 0.6 is 0 Å². The van der Waals surface area contributed by atoms with Crippen molar-refractivity contribution in [3.8, 4) is 0 Å². The molecule has 7 heteroatoms. The van der Waals surface area contributed by atoms with Gasteiger partial charge in [-0.2, -0.15) is 0 Å². The molecule has 0 saturated carbocycles. The number of carboxylic acid groups (broad SMARTS) is 1. The third-order valence-electron chi connectivity index (χ3n) is 7.34. The van der Waals surface area contributed by atoms with Crippen molar-refractivity contribution in [2.45, 2.75) is 83.5 Å². The topological polar surface area (TPSA) is 98.9 Å². The molecule has 2 saturated heterocycles. The molecule has 0 aliphatic carbocycles. The third kappa shape index (κ3) is 12.2. The number of likely N-dealkylation sites (tertiary alicyclic amines) is 2. The van der Waals surface area contributed by atoms with Crippen LogP contribution < -0.4 is 11.1 Å². The van der Waals surface area contributed by atoms with Gasteiger partial charge >= 0.3 is 5.97 Å². The van der Waals surface area contributed by atoms with Gasteiger partial charge in [-0.05, 0) is 109 Å². The summed E-state index contributed by atoms with van der Waals surface area (Å²) >= 11 is 0. The first-order valence-electron chi connectivity index (χ1n) is 13.2. The summed E-state index contributed by atoms with van der Waals surface area (Å²) in [5, 5.41) is 11.6. The van der Waals surface area contributed by atoms with Gasteiger partial charge in [0.1, 0.15) is 0 Å². The second-order valence-electron chi connectivity index (χ2n) is 9.95. The van der Waals surface area contributed by atoms with E-state index in [4.69, 9.17) is 10.8 Å². The van der Waals surface area contributed by atoms with E-state index in [1.807, 2.05) is 0 Å². The molecule has 2 heterocycles. The highest BCUT2D eigenvalue weighted by molar-refractivity contribution is 5.75. The van der Waals surface area contributed by atoms with Gasteiger partial charge < -0.3 is 26.0 Å². The van der Waals surface area contributed by atoms with Crippen molar-refractivity contribution >= 4 is 11.9 Å². The Hall–Kier alpha value is -1.18. The molecule has 0 spiro atoms. The molecule has 0 unspecified atom stereocenters. The lowest BCUT2D eigenvalue weighted by Gasteiger charge is -2.33. The Kier molecular flexibility index (Phi) is 13.9. The van der Waals surface area contributed by atoms with Gasteiger partial charge in [-0.15, -0.1) is 0 Å². The first-order valence-corrected chi connectivity index (χ1v) is 13.2. The number of unbranched alkanes of at least 4 members (excludes halogenated alkanes) is 1. The van der Waals surface area contributed by atoms with Crippen molar-refractivity contribution in [2.75, 3.05) is 52.4 Å². The molecular formula is C25H48N4O3. The fourth-order valence-electron chi connectivity index (χ4n) is 5.19. The number of nitrogens with two attached hydrogens (primary N) is 1. The Bertz CT molecular complexity index is 515. The number of amides is 1. The molecule has 2 rings (SSSR count). The average molecular weight is 453 g/mol. The van der Waals surface area contributed by atoms with Crippen LogP contribution in [0.1, 0.15) is 83.5 Å². The number of carbonyl (C=O) groups is 2. The van der Waals surface area contributed by atoms with Crippen LogP contribution in [-0.4, -0.2) is 79.1 Å². The normalized spacial score (nSPS) is 19.3. The zero-order valence-electron chi connectivity index (χ0n) is 20.2. The maximum absolute atomic E-state index is 11.8. The molecule has 0 bridgehead atoms. The largest absolute Gasteiger partial charge is 0.481 e. The number of hydrogen-bond acceptors (Lipinski definition) is 5. The number of rotatable bonds is 16. The minimum Gasteiger partial charge on any atom is -0.481 e. The van der Waals surface area contributed by atoms with Gasteiger partial charge in [-0.3, -0.25) is 9.59 Å². The third-order valence-corrected chi connectivity index (χ3v) is 7.34. The van der Waals surface area contributed by atoms with Gasteiger partial charge in [0.05, 0.1) is 0 Å². The molecule has 4 N–H and O–H groups in total. The van der Waals surface area contributed by atoms with E-state index in [1.54, 1.807) is 0 Å². The molecule has 0 aromatic rings. The number of hydrogen-bond donors (Lipinski definition) is 3. The van der Waals surface area contributed by atoms with E-state index in [1.165, 1.54) is 77.7 Å². The fraction of sp³-hybridized carbons (Fsp3) is 0.920. The molecule has 7 nitrogen and oxygen atoms in total. The monoisotopic (exact) mass is 452 g/mol. The Labute approximate surface area is 195 Å². The summed E-state index contributed by atoms with van der Waals surface area (Å²) in [4.78, 5) is 27.4. The van der Waals surface area contributed by atoms with E-state index >= 15 is 0 Å². The van der Waals surface area contributed by atoms with Crippen LogP contribution in [0.2, 0.25) is 0 Å². The molecule has 0 atom stereocenters. The lowest BCUT2D eigenvalue weighted by atomic mass is 9.87. The van der Waals surface area contributed by atoms with Gasteiger partial charge in [0.15, 0.2) is 0 Å². The molecule has 0 aromatic heterocycles. The van der Waals surface area contributed by atoms with Crippen LogP contribution in [-0.2, 0) is 9.59 Å². The minimum atomic E-state index is -0.788. The van der Waals surface area contributed by atoms with E-state index in [2.05, 4.69) is 15.1 Å². The Morgan fingerprint density at radius 2 is 1.31 bits per heavy atom. The number of aliphatic carboxylic acids is 1. The molecule has 1 amide bonds. The number of nitrogens with zero attached hydrogens (tertiary/aromatic N) is 2. The summed E-state index contributed by atoms with van der Waals surface area (Å²) in [7, 11) is 0. The SMILES string of the molecule is NCCCN1CCC(CCCC2CCN(CCCNC(=O)CCCCC(=O)O)CC2)CC1. The fourth-order valence-corrected chi connectivity index (χ4v) is 5.19. The number of carbonyl (C=O) groups excluding carboxylic acids is 1. The van der Waals surface area contributed by atoms with Crippen molar-refractivity contribution in [1.82, 2.24) is 15.1 Å². The summed E-state index contributed by atoms with van der Waals surface area (Å²) in [6.07, 6.45) is 13.6. The zero-order chi connectivity index (χ0) is 23.0. The predicted octanol–water partition coefficient (Wildman–Crippen LogP) is 3.08. The summed E-state index contributed by atoms with van der Waals surface area (Å²) in [6.45, 7) is 8.73. The lowest BCUT2D eigenvalue weighted by molar-refractivity contribution is -0.137. The molecule has 186 valence electrons. The number of nitrogens with one attached hydrogen (secondary N) is 1. The van der Waals surface area contributed by atoms with E-state index in [0.29, 0.717) is 19.3 Å². The van der Waals surface area contributed by atoms with Gasteiger partial charge in [-0.1, -0.05) is 19.3 Å². The summed E-state index contributed by atoms with van der Waals surface area (Å²) in [5.74, 6) is 1.11. The first-order chi connectivity index (χ1) is 15.6.